The van der Waals surface area contributed by atoms with E-state index in [9.17, 15) is 0 Å². The standard InChI is InChI=1S/C10H15N5/c1-8-4-13-15(3)10(8)6-11-9-5-12-14(2)7-9/h4-5,7,11H,6H2,1-3H3. The molecular formula is C10H15N5. The number of nitrogens with zero attached hydrogens (tertiary/aromatic N) is 4. The number of nitrogens with one attached hydrogen (secondary N) is 1. The molecular weight excluding hydrogens is 190 g/mol. The van der Waals surface area contributed by atoms with Crippen LogP contribution < -0.4 is 5.32 Å². The van der Waals surface area contributed by atoms with Crippen molar-refractivity contribution < 1.29 is 0 Å². The monoisotopic (exact) mass is 205 g/mol. The van der Waals surface area contributed by atoms with E-state index in [0.29, 0.717) is 0 Å². The summed E-state index contributed by atoms with van der Waals surface area (Å²) < 4.78 is 3.66. The Morgan fingerprint density at radius 3 is 2.60 bits per heavy atom. The Labute approximate surface area is 88.7 Å². The number of aromatic nitrogens is 4. The van der Waals surface area contributed by atoms with E-state index in [0.717, 1.165) is 12.2 Å². The molecule has 15 heavy (non-hydrogen) atoms. The molecule has 5 heteroatoms. The Morgan fingerprint density at radius 2 is 2.07 bits per heavy atom. The van der Waals surface area contributed by atoms with Gasteiger partial charge in [-0.05, 0) is 12.5 Å². The second kappa shape index (κ2) is 3.76. The number of anilines is 1. The van der Waals surface area contributed by atoms with Gasteiger partial charge in [0.1, 0.15) is 0 Å². The van der Waals surface area contributed by atoms with Gasteiger partial charge < -0.3 is 5.32 Å². The molecule has 0 unspecified atom stereocenters. The van der Waals surface area contributed by atoms with Gasteiger partial charge in [-0.2, -0.15) is 10.2 Å². The van der Waals surface area contributed by atoms with Crippen LogP contribution in [0.2, 0.25) is 0 Å². The highest BCUT2D eigenvalue weighted by atomic mass is 15.3. The lowest BCUT2D eigenvalue weighted by Crippen LogP contribution is -2.06. The highest BCUT2D eigenvalue weighted by Gasteiger charge is 2.04. The Morgan fingerprint density at radius 1 is 1.27 bits per heavy atom. The van der Waals surface area contributed by atoms with E-state index in [1.807, 2.05) is 37.4 Å². The fraction of sp³-hybridized carbons (Fsp3) is 0.400. The van der Waals surface area contributed by atoms with E-state index in [4.69, 9.17) is 0 Å². The smallest absolute Gasteiger partial charge is 0.0729 e. The van der Waals surface area contributed by atoms with Gasteiger partial charge in [-0.3, -0.25) is 9.36 Å². The average Bonchev–Trinajstić information content (AvgIpc) is 2.73. The molecule has 2 aromatic rings. The minimum Gasteiger partial charge on any atom is -0.377 e. The van der Waals surface area contributed by atoms with Crippen molar-refractivity contribution >= 4 is 5.69 Å². The third-order valence-electron chi connectivity index (χ3n) is 2.44. The summed E-state index contributed by atoms with van der Waals surface area (Å²) in [5.41, 5.74) is 3.42. The lowest BCUT2D eigenvalue weighted by Gasteiger charge is -2.05. The number of hydrogen-bond acceptors (Lipinski definition) is 3. The molecule has 0 amide bonds. The third kappa shape index (κ3) is 2.01. The maximum absolute atomic E-state index is 4.19. The van der Waals surface area contributed by atoms with Crippen LogP contribution in [0.15, 0.2) is 18.6 Å². The SMILES string of the molecule is Cc1cnn(C)c1CNc1cnn(C)c1. The molecule has 0 saturated carbocycles. The molecule has 0 aromatic carbocycles. The van der Waals surface area contributed by atoms with Crippen LogP contribution in [0, 0.1) is 6.92 Å². The summed E-state index contributed by atoms with van der Waals surface area (Å²) >= 11 is 0. The molecule has 5 nitrogen and oxygen atoms in total. The molecule has 2 aromatic heterocycles. The third-order valence-corrected chi connectivity index (χ3v) is 2.44. The minimum absolute atomic E-state index is 0.772. The molecule has 0 spiro atoms. The highest BCUT2D eigenvalue weighted by molar-refractivity contribution is 5.39. The maximum Gasteiger partial charge on any atom is 0.0729 e. The van der Waals surface area contributed by atoms with Gasteiger partial charge in [0.05, 0.1) is 30.3 Å². The molecule has 0 aliphatic heterocycles. The first-order chi connectivity index (χ1) is 7.16. The fourth-order valence-electron chi connectivity index (χ4n) is 1.52. The van der Waals surface area contributed by atoms with Gasteiger partial charge in [-0.15, -0.1) is 0 Å². The van der Waals surface area contributed by atoms with E-state index in [1.54, 1.807) is 4.68 Å². The number of hydrogen-bond donors (Lipinski definition) is 1. The van der Waals surface area contributed by atoms with Crippen LogP contribution >= 0.6 is 0 Å². The molecule has 0 aliphatic carbocycles. The predicted octanol–water partition coefficient (Wildman–Crippen LogP) is 1.07. The van der Waals surface area contributed by atoms with Crippen molar-refractivity contribution in [3.05, 3.63) is 29.8 Å². The molecule has 1 N–H and O–H groups in total. The summed E-state index contributed by atoms with van der Waals surface area (Å²) in [5.74, 6) is 0. The quantitative estimate of drug-likeness (QED) is 0.815. The summed E-state index contributed by atoms with van der Waals surface area (Å²) in [5, 5.41) is 11.6. The van der Waals surface area contributed by atoms with E-state index < -0.39 is 0 Å². The Balaban J connectivity index is 2.05. The van der Waals surface area contributed by atoms with Gasteiger partial charge >= 0.3 is 0 Å². The molecule has 0 aliphatic rings. The number of aryl methyl sites for hydroxylation is 3. The first-order valence-corrected chi connectivity index (χ1v) is 4.87. The average molecular weight is 205 g/mol. The Kier molecular flexibility index (Phi) is 2.45. The van der Waals surface area contributed by atoms with Gasteiger partial charge in [-0.25, -0.2) is 0 Å². The molecule has 2 rings (SSSR count). The van der Waals surface area contributed by atoms with Gasteiger partial charge in [0.25, 0.3) is 0 Å². The first-order valence-electron chi connectivity index (χ1n) is 4.87. The lowest BCUT2D eigenvalue weighted by molar-refractivity contribution is 0.719. The predicted molar refractivity (Wildman–Crippen MR) is 58.5 cm³/mol. The van der Waals surface area contributed by atoms with Crippen molar-refractivity contribution in [3.8, 4) is 0 Å². The number of rotatable bonds is 3. The van der Waals surface area contributed by atoms with Crippen molar-refractivity contribution in [2.24, 2.45) is 14.1 Å². The van der Waals surface area contributed by atoms with Gasteiger partial charge in [-0.1, -0.05) is 0 Å². The van der Waals surface area contributed by atoms with Gasteiger partial charge in [0.2, 0.25) is 0 Å². The normalized spacial score (nSPS) is 10.6. The van der Waals surface area contributed by atoms with Crippen molar-refractivity contribution in [1.29, 1.82) is 0 Å². The van der Waals surface area contributed by atoms with Crippen molar-refractivity contribution in [2.75, 3.05) is 5.32 Å². The van der Waals surface area contributed by atoms with Crippen LogP contribution in [0.5, 0.6) is 0 Å². The van der Waals surface area contributed by atoms with Crippen LogP contribution in [0.25, 0.3) is 0 Å². The zero-order chi connectivity index (χ0) is 10.8. The van der Waals surface area contributed by atoms with Crippen LogP contribution in [0.1, 0.15) is 11.3 Å². The zero-order valence-electron chi connectivity index (χ0n) is 9.23. The molecule has 0 saturated heterocycles. The summed E-state index contributed by atoms with van der Waals surface area (Å²) in [4.78, 5) is 0. The summed E-state index contributed by atoms with van der Waals surface area (Å²) in [6.07, 6.45) is 5.64. The summed E-state index contributed by atoms with van der Waals surface area (Å²) in [6.45, 7) is 2.83. The van der Waals surface area contributed by atoms with E-state index in [1.165, 1.54) is 11.3 Å². The van der Waals surface area contributed by atoms with Gasteiger partial charge in [0, 0.05) is 20.3 Å². The van der Waals surface area contributed by atoms with Crippen LogP contribution in [0.3, 0.4) is 0 Å². The van der Waals surface area contributed by atoms with Crippen LogP contribution in [-0.4, -0.2) is 19.6 Å². The van der Waals surface area contributed by atoms with Crippen LogP contribution in [-0.2, 0) is 20.6 Å². The Hall–Kier alpha value is -1.78. The molecule has 0 atom stereocenters. The largest absolute Gasteiger partial charge is 0.377 e. The highest BCUT2D eigenvalue weighted by Crippen LogP contribution is 2.09. The summed E-state index contributed by atoms with van der Waals surface area (Å²) in [6, 6.07) is 0. The van der Waals surface area contributed by atoms with E-state index in [-0.39, 0.29) is 0 Å². The van der Waals surface area contributed by atoms with E-state index in [2.05, 4.69) is 22.4 Å². The molecule has 80 valence electrons. The molecule has 0 bridgehead atoms. The molecule has 0 fully saturated rings. The topological polar surface area (TPSA) is 47.7 Å². The second-order valence-electron chi connectivity index (χ2n) is 3.65. The summed E-state index contributed by atoms with van der Waals surface area (Å²) in [7, 11) is 3.85. The maximum atomic E-state index is 4.19. The molecule has 0 radical (unpaired) electrons. The van der Waals surface area contributed by atoms with Crippen molar-refractivity contribution in [3.63, 3.8) is 0 Å². The van der Waals surface area contributed by atoms with Crippen molar-refractivity contribution in [2.45, 2.75) is 13.5 Å². The molecule has 2 heterocycles. The lowest BCUT2D eigenvalue weighted by atomic mass is 10.3. The zero-order valence-corrected chi connectivity index (χ0v) is 9.23. The van der Waals surface area contributed by atoms with Gasteiger partial charge in [0.15, 0.2) is 0 Å². The fourth-order valence-corrected chi connectivity index (χ4v) is 1.52. The van der Waals surface area contributed by atoms with E-state index >= 15 is 0 Å². The minimum atomic E-state index is 0.772. The van der Waals surface area contributed by atoms with Crippen LogP contribution in [0.4, 0.5) is 5.69 Å². The van der Waals surface area contributed by atoms with Crippen molar-refractivity contribution in [1.82, 2.24) is 19.6 Å². The Bertz CT molecular complexity index is 435. The first kappa shape index (κ1) is 9.76. The second-order valence-corrected chi connectivity index (χ2v) is 3.65.